The van der Waals surface area contributed by atoms with Gasteiger partial charge in [0.15, 0.2) is 15.7 Å². The minimum absolute atomic E-state index is 0.0471. The lowest BCUT2D eigenvalue weighted by molar-refractivity contribution is 0.253. The van der Waals surface area contributed by atoms with E-state index in [9.17, 15) is 8.42 Å². The van der Waals surface area contributed by atoms with Crippen LogP contribution in [0.4, 0.5) is 0 Å². The smallest absolute Gasteiger partial charge is 0.253 e. The van der Waals surface area contributed by atoms with Crippen LogP contribution in [0.5, 0.6) is 0 Å². The second-order valence-corrected chi connectivity index (χ2v) is 10.8. The summed E-state index contributed by atoms with van der Waals surface area (Å²) in [6.07, 6.45) is 5.05. The Morgan fingerprint density at radius 2 is 1.72 bits per heavy atom. The van der Waals surface area contributed by atoms with Gasteiger partial charge in [0.25, 0.3) is 5.78 Å². The van der Waals surface area contributed by atoms with Crippen LogP contribution in [0.25, 0.3) is 28.2 Å². The van der Waals surface area contributed by atoms with Crippen LogP contribution in [-0.4, -0.2) is 33.8 Å². The van der Waals surface area contributed by atoms with Gasteiger partial charge in [0.05, 0.1) is 5.69 Å². The van der Waals surface area contributed by atoms with Crippen LogP contribution < -0.4 is 5.73 Å². The predicted octanol–water partition coefficient (Wildman–Crippen LogP) is 3.73. The maximum atomic E-state index is 12.0. The summed E-state index contributed by atoms with van der Waals surface area (Å²) >= 11 is 0. The van der Waals surface area contributed by atoms with Gasteiger partial charge in [0.1, 0.15) is 5.75 Å². The van der Waals surface area contributed by atoms with Crippen LogP contribution in [-0.2, 0) is 21.1 Å². The molecule has 5 rings (SSSR count). The van der Waals surface area contributed by atoms with Gasteiger partial charge in [-0.05, 0) is 30.4 Å². The van der Waals surface area contributed by atoms with E-state index in [0.717, 1.165) is 47.2 Å². The monoisotopic (exact) mass is 447 g/mol. The SMILES string of the molecule is CCS(=O)(=O)Cc1nc2nc(-c3ccc(C4(N)CCC4)cc3)c(-c3ccccc3)cn2n1. The number of nitrogens with zero attached hydrogens (tertiary/aromatic N) is 4. The van der Waals surface area contributed by atoms with Crippen molar-refractivity contribution in [3.8, 4) is 22.4 Å². The van der Waals surface area contributed by atoms with E-state index in [2.05, 4.69) is 22.2 Å². The van der Waals surface area contributed by atoms with Crippen molar-refractivity contribution in [3.63, 3.8) is 0 Å². The fourth-order valence-corrected chi connectivity index (χ4v) is 4.80. The molecule has 0 spiro atoms. The van der Waals surface area contributed by atoms with Gasteiger partial charge in [-0.25, -0.2) is 17.9 Å². The van der Waals surface area contributed by atoms with Crippen LogP contribution in [0.15, 0.2) is 60.8 Å². The first kappa shape index (κ1) is 20.8. The molecule has 2 heterocycles. The summed E-state index contributed by atoms with van der Waals surface area (Å²) in [5.74, 6) is 0.474. The van der Waals surface area contributed by atoms with Crippen LogP contribution >= 0.6 is 0 Å². The van der Waals surface area contributed by atoms with Gasteiger partial charge in [-0.3, -0.25) is 0 Å². The van der Waals surface area contributed by atoms with Crippen LogP contribution in [0.3, 0.4) is 0 Å². The van der Waals surface area contributed by atoms with E-state index in [0.29, 0.717) is 5.78 Å². The van der Waals surface area contributed by atoms with E-state index in [1.807, 2.05) is 48.7 Å². The molecule has 0 atom stereocenters. The molecule has 32 heavy (non-hydrogen) atoms. The van der Waals surface area contributed by atoms with Crippen LogP contribution in [0, 0.1) is 0 Å². The van der Waals surface area contributed by atoms with Gasteiger partial charge in [-0.1, -0.05) is 61.5 Å². The highest BCUT2D eigenvalue weighted by molar-refractivity contribution is 7.90. The number of aromatic nitrogens is 4. The minimum atomic E-state index is -3.24. The maximum Gasteiger partial charge on any atom is 0.253 e. The number of nitrogens with two attached hydrogens (primary N) is 1. The van der Waals surface area contributed by atoms with Gasteiger partial charge in [-0.15, -0.1) is 5.10 Å². The Morgan fingerprint density at radius 1 is 1.00 bits per heavy atom. The number of rotatable bonds is 6. The number of hydrogen-bond acceptors (Lipinski definition) is 6. The summed E-state index contributed by atoms with van der Waals surface area (Å²) in [5, 5.41) is 4.38. The third kappa shape index (κ3) is 3.80. The van der Waals surface area contributed by atoms with Gasteiger partial charge in [-0.2, -0.15) is 4.98 Å². The zero-order valence-electron chi connectivity index (χ0n) is 17.9. The number of fused-ring (bicyclic) bond motifs is 1. The fourth-order valence-electron chi connectivity index (χ4n) is 4.08. The zero-order chi connectivity index (χ0) is 22.3. The highest BCUT2D eigenvalue weighted by Crippen LogP contribution is 2.39. The Balaban J connectivity index is 1.62. The first-order valence-corrected chi connectivity index (χ1v) is 12.6. The second-order valence-electron chi connectivity index (χ2n) is 8.41. The summed E-state index contributed by atoms with van der Waals surface area (Å²) in [5.41, 5.74) is 11.0. The third-order valence-corrected chi connectivity index (χ3v) is 7.81. The van der Waals surface area contributed by atoms with Gasteiger partial charge >= 0.3 is 0 Å². The Hall–Kier alpha value is -3.10. The van der Waals surface area contributed by atoms with E-state index < -0.39 is 9.84 Å². The zero-order valence-corrected chi connectivity index (χ0v) is 18.7. The lowest BCUT2D eigenvalue weighted by atomic mass is 9.72. The second kappa shape index (κ2) is 7.79. The van der Waals surface area contributed by atoms with Gasteiger partial charge < -0.3 is 5.73 Å². The minimum Gasteiger partial charge on any atom is -0.321 e. The highest BCUT2D eigenvalue weighted by atomic mass is 32.2. The molecule has 0 aliphatic heterocycles. The maximum absolute atomic E-state index is 12.0. The Bertz CT molecular complexity index is 1380. The Morgan fingerprint density at radius 3 is 2.34 bits per heavy atom. The molecule has 0 amide bonds. The van der Waals surface area contributed by atoms with E-state index in [1.54, 1.807) is 11.4 Å². The summed E-state index contributed by atoms with van der Waals surface area (Å²) in [4.78, 5) is 9.18. The molecule has 2 aromatic heterocycles. The van der Waals surface area contributed by atoms with E-state index >= 15 is 0 Å². The standard InChI is InChI=1S/C24H25N5O2S/c1-2-32(30,31)16-21-26-23-27-22(18-9-11-19(12-10-18)24(25)13-6-14-24)20(15-29(23)28-21)17-7-4-3-5-8-17/h3-5,7-12,15H,2,6,13-14,16,25H2,1H3. The predicted molar refractivity (Wildman–Crippen MR) is 125 cm³/mol. The molecular weight excluding hydrogens is 422 g/mol. The van der Waals surface area contributed by atoms with E-state index in [1.165, 1.54) is 0 Å². The molecule has 4 aromatic rings. The number of benzene rings is 2. The molecule has 0 unspecified atom stereocenters. The molecule has 0 bridgehead atoms. The molecule has 0 saturated heterocycles. The van der Waals surface area contributed by atoms with Crippen molar-refractivity contribution >= 4 is 15.6 Å². The van der Waals surface area contributed by atoms with Crippen LogP contribution in [0.2, 0.25) is 0 Å². The first-order valence-electron chi connectivity index (χ1n) is 10.8. The molecule has 164 valence electrons. The molecule has 2 aromatic carbocycles. The Labute approximate surface area is 187 Å². The molecule has 2 N–H and O–H groups in total. The molecule has 1 saturated carbocycles. The van der Waals surface area contributed by atoms with Crippen molar-refractivity contribution in [2.45, 2.75) is 37.5 Å². The van der Waals surface area contributed by atoms with Gasteiger partial charge in [0, 0.05) is 28.6 Å². The topological polar surface area (TPSA) is 103 Å². The summed E-state index contributed by atoms with van der Waals surface area (Å²) in [6.45, 7) is 1.62. The quantitative estimate of drug-likeness (QED) is 0.483. The third-order valence-electron chi connectivity index (χ3n) is 6.23. The lowest BCUT2D eigenvalue weighted by Crippen LogP contribution is -2.43. The summed E-state index contributed by atoms with van der Waals surface area (Å²) in [7, 11) is -3.24. The summed E-state index contributed by atoms with van der Waals surface area (Å²) in [6, 6.07) is 18.2. The normalized spacial score (nSPS) is 15.6. The highest BCUT2D eigenvalue weighted by Gasteiger charge is 2.34. The largest absolute Gasteiger partial charge is 0.321 e. The van der Waals surface area contributed by atoms with Crippen molar-refractivity contribution in [2.24, 2.45) is 5.73 Å². The van der Waals surface area contributed by atoms with E-state index in [4.69, 9.17) is 10.7 Å². The van der Waals surface area contributed by atoms with Crippen LogP contribution in [0.1, 0.15) is 37.6 Å². The van der Waals surface area contributed by atoms with Crippen molar-refractivity contribution in [1.82, 2.24) is 19.6 Å². The molecule has 1 aliphatic rings. The van der Waals surface area contributed by atoms with Crippen molar-refractivity contribution < 1.29 is 8.42 Å². The number of hydrogen-bond donors (Lipinski definition) is 1. The van der Waals surface area contributed by atoms with E-state index in [-0.39, 0.29) is 22.9 Å². The summed E-state index contributed by atoms with van der Waals surface area (Å²) < 4.78 is 25.6. The van der Waals surface area contributed by atoms with Gasteiger partial charge in [0.2, 0.25) is 0 Å². The lowest BCUT2D eigenvalue weighted by Gasteiger charge is -2.38. The van der Waals surface area contributed by atoms with Crippen molar-refractivity contribution in [3.05, 3.63) is 72.2 Å². The molecule has 0 radical (unpaired) electrons. The molecule has 7 nitrogen and oxygen atoms in total. The molecule has 1 aliphatic carbocycles. The molecular formula is C24H25N5O2S. The first-order chi connectivity index (χ1) is 15.4. The average Bonchev–Trinajstić information content (AvgIpc) is 3.17. The molecule has 1 fully saturated rings. The average molecular weight is 448 g/mol. The van der Waals surface area contributed by atoms with Crippen molar-refractivity contribution in [1.29, 1.82) is 0 Å². The molecule has 8 heteroatoms. The fraction of sp³-hybridized carbons (Fsp3) is 0.292. The van der Waals surface area contributed by atoms with Crippen molar-refractivity contribution in [2.75, 3.05) is 5.75 Å². The Kier molecular flexibility index (Phi) is 5.06. The number of sulfone groups is 1.